The largest absolute Gasteiger partial charge is 0.493 e. The average molecular weight is 401 g/mol. The van der Waals surface area contributed by atoms with E-state index in [4.69, 9.17) is 9.47 Å². The van der Waals surface area contributed by atoms with Crippen molar-refractivity contribution in [1.29, 1.82) is 0 Å². The summed E-state index contributed by atoms with van der Waals surface area (Å²) in [5, 5.41) is 0. The van der Waals surface area contributed by atoms with Gasteiger partial charge in [0.2, 0.25) is 0 Å². The topological polar surface area (TPSA) is 35.5 Å². The number of carbonyl (C=O) groups excluding carboxylic acids is 1. The number of ether oxygens (including phenoxy) is 2. The summed E-state index contributed by atoms with van der Waals surface area (Å²) in [5.41, 5.74) is 0.633. The van der Waals surface area contributed by atoms with Crippen LogP contribution in [0.5, 0.6) is 5.75 Å². The van der Waals surface area contributed by atoms with E-state index in [0.29, 0.717) is 11.5 Å². The van der Waals surface area contributed by atoms with Gasteiger partial charge in [-0.25, -0.2) is 4.79 Å². The van der Waals surface area contributed by atoms with E-state index < -0.39 is 0 Å². The van der Waals surface area contributed by atoms with Crippen molar-refractivity contribution in [2.45, 2.75) is 97.0 Å². The summed E-state index contributed by atoms with van der Waals surface area (Å²) in [6, 6.07) is 7.52. The summed E-state index contributed by atoms with van der Waals surface area (Å²) in [5.74, 6) is 3.11. The lowest BCUT2D eigenvalue weighted by molar-refractivity contribution is 0.0161. The van der Waals surface area contributed by atoms with Crippen molar-refractivity contribution in [3.8, 4) is 5.75 Å². The van der Waals surface area contributed by atoms with E-state index in [-0.39, 0.29) is 12.1 Å². The summed E-state index contributed by atoms with van der Waals surface area (Å²) >= 11 is 0. The number of esters is 1. The normalized spacial score (nSPS) is 27.4. The third-order valence-corrected chi connectivity index (χ3v) is 7.00. The van der Waals surface area contributed by atoms with Gasteiger partial charge in [0.15, 0.2) is 0 Å². The van der Waals surface area contributed by atoms with Gasteiger partial charge in [-0.15, -0.1) is 0 Å². The van der Waals surface area contributed by atoms with Crippen molar-refractivity contribution < 1.29 is 14.3 Å². The highest BCUT2D eigenvalue weighted by molar-refractivity contribution is 5.89. The van der Waals surface area contributed by atoms with Crippen molar-refractivity contribution in [3.05, 3.63) is 29.8 Å². The van der Waals surface area contributed by atoms with Gasteiger partial charge < -0.3 is 9.47 Å². The lowest BCUT2D eigenvalue weighted by Gasteiger charge is -2.28. The van der Waals surface area contributed by atoms with Gasteiger partial charge in [-0.1, -0.05) is 52.4 Å². The molecule has 2 aliphatic rings. The van der Waals surface area contributed by atoms with E-state index in [1.165, 1.54) is 64.2 Å². The first kappa shape index (κ1) is 22.2. The van der Waals surface area contributed by atoms with Crippen molar-refractivity contribution in [3.63, 3.8) is 0 Å². The Morgan fingerprint density at radius 3 is 1.86 bits per heavy atom. The SMILES string of the molecule is CCC[C@H]1CC[C@H](COc2ccc(C(=O)O[C@H]3CC[C@H](CCC)CC3)cc2)CC1. The molecule has 3 heteroatoms. The maximum Gasteiger partial charge on any atom is 0.338 e. The van der Waals surface area contributed by atoms with E-state index in [1.807, 2.05) is 24.3 Å². The highest BCUT2D eigenvalue weighted by atomic mass is 16.5. The average Bonchev–Trinajstić information content (AvgIpc) is 2.75. The Morgan fingerprint density at radius 2 is 1.31 bits per heavy atom. The molecule has 2 aliphatic carbocycles. The molecule has 2 fully saturated rings. The molecule has 3 nitrogen and oxygen atoms in total. The van der Waals surface area contributed by atoms with Gasteiger partial charge >= 0.3 is 5.97 Å². The van der Waals surface area contributed by atoms with Gasteiger partial charge in [0.1, 0.15) is 11.9 Å². The zero-order valence-electron chi connectivity index (χ0n) is 18.5. The fourth-order valence-electron chi connectivity index (χ4n) is 5.16. The van der Waals surface area contributed by atoms with Crippen LogP contribution in [0.4, 0.5) is 0 Å². The molecule has 0 heterocycles. The van der Waals surface area contributed by atoms with Crippen LogP contribution in [-0.4, -0.2) is 18.7 Å². The third kappa shape index (κ3) is 7.04. The van der Waals surface area contributed by atoms with Crippen LogP contribution < -0.4 is 4.74 Å². The number of carbonyl (C=O) groups is 1. The minimum Gasteiger partial charge on any atom is -0.493 e. The van der Waals surface area contributed by atoms with Gasteiger partial charge in [0.05, 0.1) is 12.2 Å². The maximum absolute atomic E-state index is 12.5. The summed E-state index contributed by atoms with van der Waals surface area (Å²) in [6.45, 7) is 5.33. The predicted molar refractivity (Wildman–Crippen MR) is 118 cm³/mol. The molecule has 0 saturated heterocycles. The van der Waals surface area contributed by atoms with Crippen LogP contribution in [0.1, 0.15) is 101 Å². The van der Waals surface area contributed by atoms with E-state index in [1.54, 1.807) is 0 Å². The van der Waals surface area contributed by atoms with E-state index >= 15 is 0 Å². The van der Waals surface area contributed by atoms with Crippen LogP contribution in [0.25, 0.3) is 0 Å². The first-order valence-corrected chi connectivity index (χ1v) is 12.1. The molecule has 0 atom stereocenters. The summed E-state index contributed by atoms with van der Waals surface area (Å²) in [4.78, 5) is 12.5. The van der Waals surface area contributed by atoms with E-state index in [0.717, 1.165) is 37.0 Å². The smallest absolute Gasteiger partial charge is 0.338 e. The number of benzene rings is 1. The Morgan fingerprint density at radius 1 is 0.793 bits per heavy atom. The van der Waals surface area contributed by atoms with Crippen LogP contribution in [-0.2, 0) is 4.74 Å². The second kappa shape index (κ2) is 11.6. The molecule has 0 aromatic heterocycles. The first-order chi connectivity index (χ1) is 14.2. The van der Waals surface area contributed by atoms with E-state index in [9.17, 15) is 4.79 Å². The van der Waals surface area contributed by atoms with Crippen LogP contribution in [0.2, 0.25) is 0 Å². The van der Waals surface area contributed by atoms with Gasteiger partial charge in [0.25, 0.3) is 0 Å². The minimum atomic E-state index is -0.190. The molecule has 0 spiro atoms. The summed E-state index contributed by atoms with van der Waals surface area (Å²) in [7, 11) is 0. The fraction of sp³-hybridized carbons (Fsp3) is 0.731. The summed E-state index contributed by atoms with van der Waals surface area (Å²) < 4.78 is 11.8. The van der Waals surface area contributed by atoms with Crippen LogP contribution in [0, 0.1) is 17.8 Å². The Balaban J connectivity index is 1.38. The third-order valence-electron chi connectivity index (χ3n) is 7.00. The summed E-state index contributed by atoms with van der Waals surface area (Å²) in [6.07, 6.45) is 15.0. The molecule has 162 valence electrons. The highest BCUT2D eigenvalue weighted by Gasteiger charge is 2.24. The monoisotopic (exact) mass is 400 g/mol. The molecule has 0 aliphatic heterocycles. The molecule has 3 rings (SSSR count). The Kier molecular flexibility index (Phi) is 8.89. The quantitative estimate of drug-likeness (QED) is 0.412. The van der Waals surface area contributed by atoms with Crippen molar-refractivity contribution >= 4 is 5.97 Å². The fourth-order valence-corrected chi connectivity index (χ4v) is 5.16. The Hall–Kier alpha value is -1.51. The first-order valence-electron chi connectivity index (χ1n) is 12.1. The zero-order chi connectivity index (χ0) is 20.5. The molecule has 2 saturated carbocycles. The standard InChI is InChI=1S/C26H40O3/c1-3-5-20-7-9-22(10-8-20)19-28-24-17-13-23(14-18-24)26(27)29-25-15-11-21(6-4-2)12-16-25/h13-14,17-18,20-22,25H,3-12,15-16,19H2,1-2H3/t20-,21-,22-,25-. The lowest BCUT2D eigenvalue weighted by atomic mass is 9.80. The Labute approximate surface area is 177 Å². The molecule has 1 aromatic rings. The second-order valence-electron chi connectivity index (χ2n) is 9.35. The molecule has 0 unspecified atom stereocenters. The second-order valence-corrected chi connectivity index (χ2v) is 9.35. The lowest BCUT2D eigenvalue weighted by Crippen LogP contribution is -2.24. The predicted octanol–water partition coefficient (Wildman–Crippen LogP) is 7.19. The van der Waals surface area contributed by atoms with Gasteiger partial charge in [0, 0.05) is 0 Å². The zero-order valence-corrected chi connectivity index (χ0v) is 18.5. The molecular weight excluding hydrogens is 360 g/mol. The van der Waals surface area contributed by atoms with Gasteiger partial charge in [-0.3, -0.25) is 0 Å². The van der Waals surface area contributed by atoms with Crippen molar-refractivity contribution in [2.75, 3.05) is 6.61 Å². The van der Waals surface area contributed by atoms with Crippen molar-refractivity contribution in [2.24, 2.45) is 17.8 Å². The maximum atomic E-state index is 12.5. The molecule has 0 amide bonds. The molecular formula is C26H40O3. The van der Waals surface area contributed by atoms with Crippen LogP contribution in [0.15, 0.2) is 24.3 Å². The van der Waals surface area contributed by atoms with Crippen LogP contribution in [0.3, 0.4) is 0 Å². The van der Waals surface area contributed by atoms with Crippen molar-refractivity contribution in [1.82, 2.24) is 0 Å². The molecule has 0 bridgehead atoms. The molecule has 1 aromatic carbocycles. The molecule has 29 heavy (non-hydrogen) atoms. The van der Waals surface area contributed by atoms with Gasteiger partial charge in [-0.2, -0.15) is 0 Å². The molecule has 0 radical (unpaired) electrons. The number of hydrogen-bond donors (Lipinski definition) is 0. The number of hydrogen-bond acceptors (Lipinski definition) is 3. The van der Waals surface area contributed by atoms with Crippen LogP contribution >= 0.6 is 0 Å². The number of rotatable bonds is 9. The minimum absolute atomic E-state index is 0.0920. The Bertz CT molecular complexity index is 593. The highest BCUT2D eigenvalue weighted by Crippen LogP contribution is 2.32. The van der Waals surface area contributed by atoms with Gasteiger partial charge in [-0.05, 0) is 80.5 Å². The van der Waals surface area contributed by atoms with E-state index in [2.05, 4.69) is 13.8 Å². The molecule has 0 N–H and O–H groups in total.